The lowest BCUT2D eigenvalue weighted by Crippen LogP contribution is -2.18. The fourth-order valence-electron chi connectivity index (χ4n) is 3.57. The van der Waals surface area contributed by atoms with Gasteiger partial charge in [0.05, 0.1) is 24.8 Å². The van der Waals surface area contributed by atoms with Gasteiger partial charge in [-0.05, 0) is 53.1 Å². The molecule has 0 amide bonds. The Hall–Kier alpha value is -3.93. The Kier molecular flexibility index (Phi) is 8.00. The van der Waals surface area contributed by atoms with Crippen molar-refractivity contribution in [1.29, 1.82) is 0 Å². The molecular weight excluding hydrogens is 518 g/mol. The molecule has 202 valence electrons. The topological polar surface area (TPSA) is 52.5 Å². The molecule has 0 radical (unpaired) electrons. The summed E-state index contributed by atoms with van der Waals surface area (Å²) in [5.41, 5.74) is 0.0968. The number of ether oxygens (including phenoxy) is 3. The average molecular weight is 540 g/mol. The third-order valence-corrected chi connectivity index (χ3v) is 5.51. The van der Waals surface area contributed by atoms with Crippen molar-refractivity contribution in [2.75, 3.05) is 13.8 Å². The summed E-state index contributed by atoms with van der Waals surface area (Å²) < 4.78 is 94.6. The molecule has 0 saturated heterocycles. The molecule has 0 bridgehead atoms. The summed E-state index contributed by atoms with van der Waals surface area (Å²) in [5.74, 6) is 0.699. The van der Waals surface area contributed by atoms with Gasteiger partial charge in [0.1, 0.15) is 19.9 Å². The predicted octanol–water partition coefficient (Wildman–Crippen LogP) is 6.62. The second-order valence-corrected chi connectivity index (χ2v) is 8.27. The van der Waals surface area contributed by atoms with Crippen LogP contribution in [0.3, 0.4) is 0 Å². The Morgan fingerprint density at radius 2 is 1.29 bits per heavy atom. The van der Waals surface area contributed by atoms with E-state index in [1.54, 1.807) is 17.2 Å². The van der Waals surface area contributed by atoms with Gasteiger partial charge in [0.15, 0.2) is 17.9 Å². The molecule has 38 heavy (non-hydrogen) atoms. The van der Waals surface area contributed by atoms with Gasteiger partial charge in [0, 0.05) is 0 Å². The molecule has 6 nitrogen and oxygen atoms in total. The molecule has 1 aliphatic heterocycles. The fraction of sp³-hybridized carbons (Fsp3) is 0.269. The van der Waals surface area contributed by atoms with Crippen molar-refractivity contribution in [3.63, 3.8) is 0 Å². The Morgan fingerprint density at radius 1 is 0.763 bits per heavy atom. The first-order valence-electron chi connectivity index (χ1n) is 11.2. The lowest BCUT2D eigenvalue weighted by atomic mass is 10.1. The maximum atomic E-state index is 12.9. The molecule has 3 aromatic carbocycles. The molecule has 4 rings (SSSR count). The van der Waals surface area contributed by atoms with Crippen LogP contribution in [-0.4, -0.2) is 25.2 Å². The molecule has 12 heteroatoms. The van der Waals surface area contributed by atoms with Crippen LogP contribution in [0.2, 0.25) is 0 Å². The van der Waals surface area contributed by atoms with E-state index in [0.29, 0.717) is 29.9 Å². The van der Waals surface area contributed by atoms with Gasteiger partial charge < -0.3 is 19.0 Å². The normalized spacial score (nSPS) is 13.9. The van der Waals surface area contributed by atoms with Gasteiger partial charge >= 0.3 is 12.4 Å². The first-order valence-corrected chi connectivity index (χ1v) is 11.2. The second kappa shape index (κ2) is 11.2. The highest BCUT2D eigenvalue weighted by Gasteiger charge is 2.31. The fourth-order valence-corrected chi connectivity index (χ4v) is 3.57. The Labute approximate surface area is 214 Å². The van der Waals surface area contributed by atoms with E-state index in [1.165, 1.54) is 37.8 Å². The smallest absolute Gasteiger partial charge is 0.416 e. The minimum atomic E-state index is -4.46. The standard InChI is InChI=1S/C26H22F6N2O4/c1-35-22-10-19(12-34-15-33-16-38-34)11-23(36-13-17-2-6-20(7-3-17)25(27,28)29)24(22)37-14-18-4-8-21(9-5-18)26(30,31)32/h2-11,16H,12-15H2,1H3. The van der Waals surface area contributed by atoms with Crippen molar-refractivity contribution in [2.45, 2.75) is 32.1 Å². The van der Waals surface area contributed by atoms with Gasteiger partial charge in [-0.2, -0.15) is 26.3 Å². The summed E-state index contributed by atoms with van der Waals surface area (Å²) in [6, 6.07) is 12.4. The van der Waals surface area contributed by atoms with Crippen molar-refractivity contribution in [1.82, 2.24) is 5.06 Å². The van der Waals surface area contributed by atoms with Crippen molar-refractivity contribution in [3.05, 3.63) is 88.5 Å². The maximum Gasteiger partial charge on any atom is 0.416 e. The van der Waals surface area contributed by atoms with E-state index in [1.807, 2.05) is 0 Å². The number of benzene rings is 3. The van der Waals surface area contributed by atoms with Crippen LogP contribution in [0, 0.1) is 0 Å². The SMILES string of the molecule is COc1cc(CN2CN=CO2)cc(OCc2ccc(C(F)(F)F)cc2)c1OCc1ccc(C(F)(F)F)cc1. The van der Waals surface area contributed by atoms with Crippen molar-refractivity contribution in [3.8, 4) is 17.2 Å². The van der Waals surface area contributed by atoms with E-state index in [4.69, 9.17) is 19.0 Å². The third kappa shape index (κ3) is 6.88. The summed E-state index contributed by atoms with van der Waals surface area (Å²) in [4.78, 5) is 9.23. The van der Waals surface area contributed by atoms with Crippen LogP contribution in [0.25, 0.3) is 0 Å². The Balaban J connectivity index is 1.56. The van der Waals surface area contributed by atoms with Gasteiger partial charge in [-0.25, -0.2) is 4.99 Å². The molecule has 0 fully saturated rings. The zero-order valence-corrected chi connectivity index (χ0v) is 20.0. The van der Waals surface area contributed by atoms with Gasteiger partial charge in [-0.3, -0.25) is 0 Å². The molecule has 3 aromatic rings. The highest BCUT2D eigenvalue weighted by atomic mass is 19.4. The zero-order valence-electron chi connectivity index (χ0n) is 20.0. The molecule has 0 spiro atoms. The summed E-state index contributed by atoms with van der Waals surface area (Å²) in [7, 11) is 1.42. The van der Waals surface area contributed by atoms with Crippen LogP contribution in [0.4, 0.5) is 26.3 Å². The average Bonchev–Trinajstić information content (AvgIpc) is 3.39. The zero-order chi connectivity index (χ0) is 27.3. The molecule has 0 saturated carbocycles. The predicted molar refractivity (Wildman–Crippen MR) is 125 cm³/mol. The van der Waals surface area contributed by atoms with E-state index < -0.39 is 23.5 Å². The Morgan fingerprint density at radius 3 is 1.76 bits per heavy atom. The van der Waals surface area contributed by atoms with E-state index in [-0.39, 0.29) is 30.5 Å². The van der Waals surface area contributed by atoms with Crippen LogP contribution < -0.4 is 14.2 Å². The van der Waals surface area contributed by atoms with Crippen LogP contribution >= 0.6 is 0 Å². The number of aliphatic imine (C=N–C) groups is 1. The summed E-state index contributed by atoms with van der Waals surface area (Å²) in [6.07, 6.45) is -7.61. The highest BCUT2D eigenvalue weighted by molar-refractivity contribution is 5.54. The van der Waals surface area contributed by atoms with E-state index in [9.17, 15) is 26.3 Å². The lowest BCUT2D eigenvalue weighted by Gasteiger charge is -2.19. The lowest BCUT2D eigenvalue weighted by molar-refractivity contribution is -0.138. The van der Waals surface area contributed by atoms with Gasteiger partial charge in [-0.15, -0.1) is 5.06 Å². The van der Waals surface area contributed by atoms with Crippen LogP contribution in [-0.2, 0) is 36.9 Å². The highest BCUT2D eigenvalue weighted by Crippen LogP contribution is 2.40. The van der Waals surface area contributed by atoms with E-state index >= 15 is 0 Å². The second-order valence-electron chi connectivity index (χ2n) is 8.27. The monoisotopic (exact) mass is 540 g/mol. The molecule has 1 aliphatic rings. The molecule has 0 atom stereocenters. The minimum Gasteiger partial charge on any atom is -0.493 e. The molecule has 0 N–H and O–H groups in total. The van der Waals surface area contributed by atoms with Crippen molar-refractivity contribution >= 4 is 6.40 Å². The molecule has 0 aliphatic carbocycles. The third-order valence-electron chi connectivity index (χ3n) is 5.51. The van der Waals surface area contributed by atoms with Crippen molar-refractivity contribution in [2.24, 2.45) is 4.99 Å². The van der Waals surface area contributed by atoms with Crippen LogP contribution in [0.1, 0.15) is 27.8 Å². The molecular formula is C26H22F6N2O4. The maximum absolute atomic E-state index is 12.9. The number of alkyl halides is 6. The van der Waals surface area contributed by atoms with Gasteiger partial charge in [0.2, 0.25) is 5.75 Å². The largest absolute Gasteiger partial charge is 0.493 e. The Bertz CT molecular complexity index is 1250. The molecule has 0 aromatic heterocycles. The first-order chi connectivity index (χ1) is 18.0. The van der Waals surface area contributed by atoms with E-state index in [0.717, 1.165) is 24.3 Å². The summed E-state index contributed by atoms with van der Waals surface area (Å²) in [5, 5.41) is 1.57. The number of rotatable bonds is 9. The number of halogens is 6. The van der Waals surface area contributed by atoms with Crippen LogP contribution in [0.15, 0.2) is 65.7 Å². The number of hydrogen-bond donors (Lipinski definition) is 0. The van der Waals surface area contributed by atoms with Crippen molar-refractivity contribution < 1.29 is 45.4 Å². The van der Waals surface area contributed by atoms with Gasteiger partial charge in [0.25, 0.3) is 0 Å². The number of methoxy groups -OCH3 is 1. The first kappa shape index (κ1) is 27.1. The molecule has 1 heterocycles. The van der Waals surface area contributed by atoms with Crippen LogP contribution in [0.5, 0.6) is 17.2 Å². The number of nitrogens with zero attached hydrogens (tertiary/aromatic N) is 2. The number of hydrogen-bond acceptors (Lipinski definition) is 6. The number of hydroxylamine groups is 2. The summed E-state index contributed by atoms with van der Waals surface area (Å²) in [6.45, 7) is 0.459. The molecule has 0 unspecified atom stereocenters. The van der Waals surface area contributed by atoms with Gasteiger partial charge in [-0.1, -0.05) is 24.3 Å². The minimum absolute atomic E-state index is 0.0787. The van der Waals surface area contributed by atoms with E-state index in [2.05, 4.69) is 4.99 Å². The quantitative estimate of drug-likeness (QED) is 0.286. The summed E-state index contributed by atoms with van der Waals surface area (Å²) >= 11 is 0.